The zero-order chi connectivity index (χ0) is 14.9. The van der Waals surface area contributed by atoms with E-state index in [4.69, 9.17) is 5.73 Å². The minimum absolute atomic E-state index is 0.266. The smallest absolute Gasteiger partial charge is 0.261 e. The van der Waals surface area contributed by atoms with E-state index < -0.39 is 23.1 Å². The summed E-state index contributed by atoms with van der Waals surface area (Å²) in [5.41, 5.74) is 6.58. The van der Waals surface area contributed by atoms with E-state index in [-0.39, 0.29) is 5.69 Å². The highest BCUT2D eigenvalue weighted by atomic mass is 19.1. The van der Waals surface area contributed by atoms with E-state index in [0.29, 0.717) is 5.69 Å². The molecule has 1 amide bonds. The zero-order valence-corrected chi connectivity index (χ0v) is 11.1. The van der Waals surface area contributed by atoms with Crippen molar-refractivity contribution in [1.82, 2.24) is 0 Å². The monoisotopic (exact) mass is 276 g/mol. The second-order valence-corrected chi connectivity index (χ2v) is 4.55. The van der Waals surface area contributed by atoms with Crippen LogP contribution in [0.2, 0.25) is 0 Å². The lowest BCUT2D eigenvalue weighted by atomic mass is 10.1. The van der Waals surface area contributed by atoms with E-state index >= 15 is 0 Å². The van der Waals surface area contributed by atoms with Gasteiger partial charge in [-0.3, -0.25) is 4.79 Å². The molecule has 0 atom stereocenters. The van der Waals surface area contributed by atoms with Gasteiger partial charge in [-0.25, -0.2) is 8.78 Å². The van der Waals surface area contributed by atoms with Gasteiger partial charge in [-0.2, -0.15) is 0 Å². The fourth-order valence-corrected chi connectivity index (χ4v) is 1.96. The van der Waals surface area contributed by atoms with Crippen molar-refractivity contribution >= 4 is 17.3 Å². The molecule has 0 bridgehead atoms. The first-order valence-electron chi connectivity index (χ1n) is 6.03. The highest BCUT2D eigenvalue weighted by molar-refractivity contribution is 6.06. The Morgan fingerprint density at radius 1 is 1.10 bits per heavy atom. The van der Waals surface area contributed by atoms with Gasteiger partial charge in [0.15, 0.2) is 5.82 Å². The van der Waals surface area contributed by atoms with Gasteiger partial charge in [0.1, 0.15) is 11.4 Å². The molecule has 2 aromatic carbocycles. The lowest BCUT2D eigenvalue weighted by Gasteiger charge is -2.12. The molecule has 0 aliphatic heterocycles. The van der Waals surface area contributed by atoms with Crippen molar-refractivity contribution < 1.29 is 13.6 Å². The highest BCUT2D eigenvalue weighted by Crippen LogP contribution is 2.23. The molecule has 2 aromatic rings. The van der Waals surface area contributed by atoms with Crippen molar-refractivity contribution in [2.75, 3.05) is 11.1 Å². The summed E-state index contributed by atoms with van der Waals surface area (Å²) in [5, 5.41) is 2.53. The summed E-state index contributed by atoms with van der Waals surface area (Å²) in [6.45, 7) is 3.60. The Kier molecular flexibility index (Phi) is 3.70. The van der Waals surface area contributed by atoms with Crippen LogP contribution in [0.5, 0.6) is 0 Å². The van der Waals surface area contributed by atoms with Crippen LogP contribution in [-0.2, 0) is 0 Å². The Labute approximate surface area is 115 Å². The third-order valence-corrected chi connectivity index (χ3v) is 3.07. The van der Waals surface area contributed by atoms with Gasteiger partial charge in [0.25, 0.3) is 5.91 Å². The highest BCUT2D eigenvalue weighted by Gasteiger charge is 2.20. The number of hydrogen-bond donors (Lipinski definition) is 2. The largest absolute Gasteiger partial charge is 0.396 e. The van der Waals surface area contributed by atoms with E-state index in [2.05, 4.69) is 5.32 Å². The molecule has 0 saturated carbocycles. The maximum absolute atomic E-state index is 13.8. The second-order valence-electron chi connectivity index (χ2n) is 4.55. The maximum atomic E-state index is 13.8. The Morgan fingerprint density at radius 3 is 2.30 bits per heavy atom. The number of nitrogen functional groups attached to an aromatic ring is 1. The number of nitrogens with one attached hydrogen (secondary N) is 1. The van der Waals surface area contributed by atoms with Crippen molar-refractivity contribution in [3.8, 4) is 0 Å². The summed E-state index contributed by atoms with van der Waals surface area (Å²) >= 11 is 0. The van der Waals surface area contributed by atoms with Crippen LogP contribution in [0, 0.1) is 25.5 Å². The molecule has 0 saturated heterocycles. The normalized spacial score (nSPS) is 10.4. The Hall–Kier alpha value is -2.43. The fourth-order valence-electron chi connectivity index (χ4n) is 1.96. The molecule has 0 fully saturated rings. The molecular formula is C15H14F2N2O. The van der Waals surface area contributed by atoms with Gasteiger partial charge in [-0.05, 0) is 37.1 Å². The SMILES string of the molecule is Cc1cccc(C)c1NC(=O)c1c(F)ccc(N)c1F. The number of halogens is 2. The van der Waals surface area contributed by atoms with Crippen molar-refractivity contribution in [3.63, 3.8) is 0 Å². The summed E-state index contributed by atoms with van der Waals surface area (Å²) in [7, 11) is 0. The number of carbonyl (C=O) groups is 1. The number of para-hydroxylation sites is 1. The minimum atomic E-state index is -1.05. The van der Waals surface area contributed by atoms with Gasteiger partial charge in [0, 0.05) is 5.69 Å². The number of amides is 1. The van der Waals surface area contributed by atoms with Crippen LogP contribution in [0.25, 0.3) is 0 Å². The fraction of sp³-hybridized carbons (Fsp3) is 0.133. The molecule has 0 aliphatic carbocycles. The molecule has 20 heavy (non-hydrogen) atoms. The van der Waals surface area contributed by atoms with E-state index in [9.17, 15) is 13.6 Å². The standard InChI is InChI=1S/C15H14F2N2O/c1-8-4-3-5-9(2)14(8)19-15(20)12-10(16)6-7-11(18)13(12)17/h3-7H,18H2,1-2H3,(H,19,20). The van der Waals surface area contributed by atoms with Crippen LogP contribution < -0.4 is 11.1 Å². The Bertz CT molecular complexity index is 664. The molecule has 5 heteroatoms. The lowest BCUT2D eigenvalue weighted by molar-refractivity contribution is 0.101. The van der Waals surface area contributed by atoms with Gasteiger partial charge < -0.3 is 11.1 Å². The Morgan fingerprint density at radius 2 is 1.70 bits per heavy atom. The summed E-state index contributed by atoms with van der Waals surface area (Å²) < 4.78 is 27.4. The zero-order valence-electron chi connectivity index (χ0n) is 11.1. The van der Waals surface area contributed by atoms with Gasteiger partial charge in [0.2, 0.25) is 0 Å². The van der Waals surface area contributed by atoms with Crippen LogP contribution in [0.3, 0.4) is 0 Å². The first-order valence-corrected chi connectivity index (χ1v) is 6.03. The third-order valence-electron chi connectivity index (χ3n) is 3.07. The number of anilines is 2. The molecule has 3 N–H and O–H groups in total. The van der Waals surface area contributed by atoms with Crippen LogP contribution in [-0.4, -0.2) is 5.91 Å². The number of rotatable bonds is 2. The average molecular weight is 276 g/mol. The van der Waals surface area contributed by atoms with Crippen molar-refractivity contribution in [3.05, 3.63) is 58.7 Å². The molecule has 104 valence electrons. The molecule has 2 rings (SSSR count). The predicted octanol–water partition coefficient (Wildman–Crippen LogP) is 3.42. The second kappa shape index (κ2) is 5.28. The number of aryl methyl sites for hydroxylation is 2. The third kappa shape index (κ3) is 2.47. The van der Waals surface area contributed by atoms with E-state index in [1.54, 1.807) is 26.0 Å². The summed E-state index contributed by atoms with van der Waals surface area (Å²) in [5.74, 6) is -2.85. The maximum Gasteiger partial charge on any atom is 0.261 e. The summed E-state index contributed by atoms with van der Waals surface area (Å²) in [6.07, 6.45) is 0. The quantitative estimate of drug-likeness (QED) is 0.826. The summed E-state index contributed by atoms with van der Waals surface area (Å²) in [4.78, 5) is 12.1. The van der Waals surface area contributed by atoms with Crippen LogP contribution in [0.4, 0.5) is 20.2 Å². The molecule has 0 heterocycles. The Balaban J connectivity index is 2.41. The van der Waals surface area contributed by atoms with Crippen molar-refractivity contribution in [2.45, 2.75) is 13.8 Å². The van der Waals surface area contributed by atoms with Gasteiger partial charge >= 0.3 is 0 Å². The predicted molar refractivity (Wildman–Crippen MR) is 74.6 cm³/mol. The molecule has 0 aromatic heterocycles. The first kappa shape index (κ1) is 14.0. The van der Waals surface area contributed by atoms with Crippen molar-refractivity contribution in [1.29, 1.82) is 0 Å². The molecule has 0 spiro atoms. The number of benzene rings is 2. The average Bonchev–Trinajstić information content (AvgIpc) is 2.39. The van der Waals surface area contributed by atoms with Crippen LogP contribution >= 0.6 is 0 Å². The van der Waals surface area contributed by atoms with Gasteiger partial charge in [-0.15, -0.1) is 0 Å². The first-order chi connectivity index (χ1) is 9.41. The van der Waals surface area contributed by atoms with Crippen LogP contribution in [0.15, 0.2) is 30.3 Å². The topological polar surface area (TPSA) is 55.1 Å². The van der Waals surface area contributed by atoms with Gasteiger partial charge in [-0.1, -0.05) is 18.2 Å². The molecule has 0 aliphatic rings. The minimum Gasteiger partial charge on any atom is -0.396 e. The van der Waals surface area contributed by atoms with E-state index in [0.717, 1.165) is 23.3 Å². The number of hydrogen-bond acceptors (Lipinski definition) is 2. The van der Waals surface area contributed by atoms with Crippen molar-refractivity contribution in [2.24, 2.45) is 0 Å². The molecular weight excluding hydrogens is 262 g/mol. The molecule has 3 nitrogen and oxygen atoms in total. The molecule has 0 unspecified atom stereocenters. The lowest BCUT2D eigenvalue weighted by Crippen LogP contribution is -2.18. The van der Waals surface area contributed by atoms with Gasteiger partial charge in [0.05, 0.1) is 5.69 Å². The number of carbonyl (C=O) groups excluding carboxylic acids is 1. The molecule has 0 radical (unpaired) electrons. The van der Waals surface area contributed by atoms with Crippen LogP contribution in [0.1, 0.15) is 21.5 Å². The van der Waals surface area contributed by atoms with E-state index in [1.807, 2.05) is 6.07 Å². The summed E-state index contributed by atoms with van der Waals surface area (Å²) in [6, 6.07) is 7.49. The van der Waals surface area contributed by atoms with E-state index in [1.165, 1.54) is 0 Å². The number of nitrogens with two attached hydrogens (primary N) is 1.